The van der Waals surface area contributed by atoms with Crippen molar-refractivity contribution in [1.82, 2.24) is 15.1 Å². The maximum absolute atomic E-state index is 12.6. The Morgan fingerprint density at radius 3 is 2.62 bits per heavy atom. The minimum Gasteiger partial charge on any atom is -0.341 e. The molecule has 0 bridgehead atoms. The molecule has 1 atom stereocenters. The summed E-state index contributed by atoms with van der Waals surface area (Å²) >= 11 is 1.70. The Balaban J connectivity index is 1.65. The number of carbonyl (C=O) groups excluding carboxylic acids is 2. The molecule has 0 unspecified atom stereocenters. The quantitative estimate of drug-likeness (QED) is 0.908. The Morgan fingerprint density at radius 2 is 1.83 bits per heavy atom. The standard InChI is InChI=1S/C18H23N3O2S/c1-13(16-12-24-17-7-4-3-6-15(16)17)19-18(23)21-9-5-8-20(10-11-21)14(2)22/h3-4,6-7,12-13H,5,8-11H2,1-2H3,(H,19,23)/t13-/m1/s1. The lowest BCUT2D eigenvalue weighted by Gasteiger charge is -2.24. The van der Waals surface area contributed by atoms with Crippen molar-refractivity contribution in [2.75, 3.05) is 26.2 Å². The number of hydrogen-bond donors (Lipinski definition) is 1. The van der Waals surface area contributed by atoms with Gasteiger partial charge in [0.25, 0.3) is 0 Å². The van der Waals surface area contributed by atoms with Crippen LogP contribution in [0.5, 0.6) is 0 Å². The Bertz CT molecular complexity index is 743. The lowest BCUT2D eigenvalue weighted by Crippen LogP contribution is -2.43. The number of urea groups is 1. The third-order valence-electron chi connectivity index (χ3n) is 4.55. The molecule has 0 saturated carbocycles. The average Bonchev–Trinajstić information content (AvgIpc) is 2.83. The Labute approximate surface area is 146 Å². The van der Waals surface area contributed by atoms with Gasteiger partial charge in [-0.3, -0.25) is 4.79 Å². The molecule has 2 heterocycles. The van der Waals surface area contributed by atoms with Gasteiger partial charge in [0.2, 0.25) is 5.91 Å². The van der Waals surface area contributed by atoms with Gasteiger partial charge in [-0.15, -0.1) is 11.3 Å². The zero-order chi connectivity index (χ0) is 17.1. The van der Waals surface area contributed by atoms with E-state index in [-0.39, 0.29) is 18.0 Å². The molecule has 1 aromatic carbocycles. The van der Waals surface area contributed by atoms with Crippen LogP contribution in [0, 0.1) is 0 Å². The molecule has 1 saturated heterocycles. The van der Waals surface area contributed by atoms with Crippen LogP contribution >= 0.6 is 11.3 Å². The summed E-state index contributed by atoms with van der Waals surface area (Å²) in [7, 11) is 0. The second-order valence-electron chi connectivity index (χ2n) is 6.21. The van der Waals surface area contributed by atoms with E-state index >= 15 is 0 Å². The molecular formula is C18H23N3O2S. The highest BCUT2D eigenvalue weighted by Crippen LogP contribution is 2.30. The van der Waals surface area contributed by atoms with E-state index in [0.717, 1.165) is 18.5 Å². The van der Waals surface area contributed by atoms with Crippen molar-refractivity contribution >= 4 is 33.4 Å². The first-order chi connectivity index (χ1) is 11.6. The number of nitrogens with zero attached hydrogens (tertiary/aromatic N) is 2. The second-order valence-corrected chi connectivity index (χ2v) is 7.12. The molecular weight excluding hydrogens is 322 g/mol. The van der Waals surface area contributed by atoms with Crippen molar-refractivity contribution < 1.29 is 9.59 Å². The summed E-state index contributed by atoms with van der Waals surface area (Å²) in [4.78, 5) is 27.7. The summed E-state index contributed by atoms with van der Waals surface area (Å²) in [6.45, 7) is 6.21. The molecule has 3 rings (SSSR count). The molecule has 24 heavy (non-hydrogen) atoms. The number of rotatable bonds is 2. The van der Waals surface area contributed by atoms with Crippen LogP contribution < -0.4 is 5.32 Å². The summed E-state index contributed by atoms with van der Waals surface area (Å²) in [5.74, 6) is 0.0790. The smallest absolute Gasteiger partial charge is 0.317 e. The average molecular weight is 345 g/mol. The number of fused-ring (bicyclic) bond motifs is 1. The zero-order valence-electron chi connectivity index (χ0n) is 14.1. The predicted molar refractivity (Wildman–Crippen MR) is 97.2 cm³/mol. The van der Waals surface area contributed by atoms with Crippen LogP contribution in [-0.2, 0) is 4.79 Å². The molecule has 128 valence electrons. The van der Waals surface area contributed by atoms with Crippen molar-refractivity contribution in [2.24, 2.45) is 0 Å². The van der Waals surface area contributed by atoms with Crippen LogP contribution in [0.4, 0.5) is 4.79 Å². The van der Waals surface area contributed by atoms with E-state index in [9.17, 15) is 9.59 Å². The molecule has 1 aliphatic heterocycles. The van der Waals surface area contributed by atoms with E-state index in [1.54, 1.807) is 18.3 Å². The van der Waals surface area contributed by atoms with Crippen molar-refractivity contribution in [2.45, 2.75) is 26.3 Å². The Kier molecular flexibility index (Phi) is 5.04. The lowest BCUT2D eigenvalue weighted by molar-refractivity contribution is -0.128. The van der Waals surface area contributed by atoms with E-state index < -0.39 is 0 Å². The van der Waals surface area contributed by atoms with Gasteiger partial charge < -0.3 is 15.1 Å². The molecule has 1 N–H and O–H groups in total. The molecule has 1 aromatic heterocycles. The van der Waals surface area contributed by atoms with Crippen molar-refractivity contribution in [1.29, 1.82) is 0 Å². The van der Waals surface area contributed by atoms with Crippen LogP contribution in [0.2, 0.25) is 0 Å². The third-order valence-corrected chi connectivity index (χ3v) is 5.53. The number of amides is 3. The lowest BCUT2D eigenvalue weighted by atomic mass is 10.1. The van der Waals surface area contributed by atoms with E-state index in [1.807, 2.05) is 28.9 Å². The molecule has 5 nitrogen and oxygen atoms in total. The van der Waals surface area contributed by atoms with Crippen molar-refractivity contribution in [3.8, 4) is 0 Å². The fourth-order valence-corrected chi connectivity index (χ4v) is 4.18. The molecule has 3 amide bonds. The van der Waals surface area contributed by atoms with Gasteiger partial charge in [0, 0.05) is 37.8 Å². The van der Waals surface area contributed by atoms with Crippen LogP contribution in [-0.4, -0.2) is 47.9 Å². The largest absolute Gasteiger partial charge is 0.341 e. The summed E-state index contributed by atoms with van der Waals surface area (Å²) in [5, 5.41) is 6.43. The fraction of sp³-hybridized carbons (Fsp3) is 0.444. The van der Waals surface area contributed by atoms with Gasteiger partial charge in [-0.05, 0) is 35.7 Å². The topological polar surface area (TPSA) is 52.7 Å². The highest BCUT2D eigenvalue weighted by molar-refractivity contribution is 7.17. The first-order valence-electron chi connectivity index (χ1n) is 8.33. The number of hydrogen-bond acceptors (Lipinski definition) is 3. The van der Waals surface area contributed by atoms with Gasteiger partial charge in [-0.25, -0.2) is 4.79 Å². The van der Waals surface area contributed by atoms with E-state index in [4.69, 9.17) is 0 Å². The number of thiophene rings is 1. The van der Waals surface area contributed by atoms with Gasteiger partial charge in [0.1, 0.15) is 0 Å². The molecule has 0 spiro atoms. The predicted octanol–water partition coefficient (Wildman–Crippen LogP) is 3.23. The monoisotopic (exact) mass is 345 g/mol. The molecule has 1 fully saturated rings. The van der Waals surface area contributed by atoms with Crippen LogP contribution in [0.15, 0.2) is 29.6 Å². The normalized spacial score (nSPS) is 16.8. The highest BCUT2D eigenvalue weighted by atomic mass is 32.1. The minimum absolute atomic E-state index is 0.0409. The van der Waals surface area contributed by atoms with Gasteiger partial charge in [0.05, 0.1) is 6.04 Å². The SMILES string of the molecule is CC(=O)N1CCCN(C(=O)N[C@H](C)c2csc3ccccc23)CC1. The first-order valence-corrected chi connectivity index (χ1v) is 9.21. The molecule has 0 aliphatic carbocycles. The van der Waals surface area contributed by atoms with Gasteiger partial charge in [-0.2, -0.15) is 0 Å². The second kappa shape index (κ2) is 7.21. The Hall–Kier alpha value is -2.08. The third kappa shape index (κ3) is 3.53. The number of nitrogens with one attached hydrogen (secondary N) is 1. The van der Waals surface area contributed by atoms with E-state index in [2.05, 4.69) is 22.8 Å². The maximum atomic E-state index is 12.6. The van der Waals surface area contributed by atoms with E-state index in [1.165, 1.54) is 10.1 Å². The number of benzene rings is 1. The molecule has 0 radical (unpaired) electrons. The molecule has 6 heteroatoms. The maximum Gasteiger partial charge on any atom is 0.317 e. The summed E-state index contributed by atoms with van der Waals surface area (Å²) in [6, 6.07) is 8.16. The zero-order valence-corrected chi connectivity index (χ0v) is 14.9. The van der Waals surface area contributed by atoms with Crippen molar-refractivity contribution in [3.05, 3.63) is 35.2 Å². The van der Waals surface area contributed by atoms with Crippen LogP contribution in [0.25, 0.3) is 10.1 Å². The molecule has 2 aromatic rings. The molecule has 1 aliphatic rings. The Morgan fingerprint density at radius 1 is 1.12 bits per heavy atom. The highest BCUT2D eigenvalue weighted by Gasteiger charge is 2.22. The first kappa shape index (κ1) is 16.8. The summed E-state index contributed by atoms with van der Waals surface area (Å²) in [6.07, 6.45) is 0.822. The van der Waals surface area contributed by atoms with Gasteiger partial charge >= 0.3 is 6.03 Å². The fourth-order valence-electron chi connectivity index (χ4n) is 3.12. The van der Waals surface area contributed by atoms with Gasteiger partial charge in [-0.1, -0.05) is 18.2 Å². The number of carbonyl (C=O) groups is 2. The van der Waals surface area contributed by atoms with Crippen molar-refractivity contribution in [3.63, 3.8) is 0 Å². The van der Waals surface area contributed by atoms with Crippen LogP contribution in [0.3, 0.4) is 0 Å². The van der Waals surface area contributed by atoms with Gasteiger partial charge in [0.15, 0.2) is 0 Å². The summed E-state index contributed by atoms with van der Waals surface area (Å²) < 4.78 is 1.24. The summed E-state index contributed by atoms with van der Waals surface area (Å²) in [5.41, 5.74) is 1.16. The van der Waals surface area contributed by atoms with E-state index in [0.29, 0.717) is 19.6 Å². The minimum atomic E-state index is -0.0526. The van der Waals surface area contributed by atoms with Crippen LogP contribution in [0.1, 0.15) is 31.9 Å².